The van der Waals surface area contributed by atoms with Gasteiger partial charge in [0, 0.05) is 0 Å². The molecule has 1 unspecified atom stereocenters. The SMILES string of the molecule is O=[N+]([O-])C1=CNc2nc(C(F)(F)F)nn2C1O. The topological polar surface area (TPSA) is 106 Å². The lowest BCUT2D eigenvalue weighted by Gasteiger charge is -2.14. The van der Waals surface area contributed by atoms with E-state index in [0.29, 0.717) is 4.68 Å². The van der Waals surface area contributed by atoms with Crippen molar-refractivity contribution >= 4 is 5.95 Å². The van der Waals surface area contributed by atoms with Crippen molar-refractivity contribution < 1.29 is 23.2 Å². The molecule has 1 aromatic rings. The summed E-state index contributed by atoms with van der Waals surface area (Å²) in [6, 6.07) is 0. The molecule has 8 nitrogen and oxygen atoms in total. The summed E-state index contributed by atoms with van der Waals surface area (Å²) in [4.78, 5) is 12.6. The van der Waals surface area contributed by atoms with Gasteiger partial charge in [-0.1, -0.05) is 0 Å². The van der Waals surface area contributed by atoms with Gasteiger partial charge >= 0.3 is 11.9 Å². The minimum Gasteiger partial charge on any atom is -0.363 e. The normalized spacial score (nSPS) is 19.3. The molecule has 0 spiro atoms. The molecule has 0 bridgehead atoms. The molecule has 11 heteroatoms. The second-order valence-electron chi connectivity index (χ2n) is 3.05. The first-order chi connectivity index (χ1) is 7.80. The lowest BCUT2D eigenvalue weighted by Crippen LogP contribution is -2.24. The maximum atomic E-state index is 12.3. The number of alkyl halides is 3. The monoisotopic (exact) mass is 251 g/mol. The number of hydrogen-bond acceptors (Lipinski definition) is 6. The molecule has 2 N–H and O–H groups in total. The predicted molar refractivity (Wildman–Crippen MR) is 45.0 cm³/mol. The van der Waals surface area contributed by atoms with Crippen LogP contribution in [-0.4, -0.2) is 24.8 Å². The van der Waals surface area contributed by atoms with Gasteiger partial charge in [0.25, 0.3) is 5.82 Å². The van der Waals surface area contributed by atoms with Crippen LogP contribution in [0, 0.1) is 10.1 Å². The minimum atomic E-state index is -4.79. The van der Waals surface area contributed by atoms with E-state index in [2.05, 4.69) is 15.4 Å². The standard InChI is InChI=1S/C6H4F3N5O3/c7-6(8,9)4-11-5-10-1-2(14(16)17)3(15)13(5)12-4/h1,3,15H,(H,10,11,12). The summed E-state index contributed by atoms with van der Waals surface area (Å²) in [5.74, 6) is -1.91. The van der Waals surface area contributed by atoms with Gasteiger partial charge < -0.3 is 10.4 Å². The van der Waals surface area contributed by atoms with Gasteiger partial charge in [0.1, 0.15) is 0 Å². The molecule has 0 aliphatic carbocycles. The van der Waals surface area contributed by atoms with Gasteiger partial charge in [0.2, 0.25) is 12.2 Å². The van der Waals surface area contributed by atoms with E-state index in [1.807, 2.05) is 0 Å². The van der Waals surface area contributed by atoms with Crippen LogP contribution in [0.15, 0.2) is 11.9 Å². The number of hydrogen-bond donors (Lipinski definition) is 2. The van der Waals surface area contributed by atoms with Gasteiger partial charge in [0.05, 0.1) is 11.1 Å². The fourth-order valence-corrected chi connectivity index (χ4v) is 1.20. The third kappa shape index (κ3) is 1.80. The van der Waals surface area contributed by atoms with Crippen LogP contribution in [-0.2, 0) is 6.18 Å². The number of nitrogens with zero attached hydrogens (tertiary/aromatic N) is 4. The highest BCUT2D eigenvalue weighted by Crippen LogP contribution is 2.30. The van der Waals surface area contributed by atoms with Gasteiger partial charge in [-0.05, 0) is 0 Å². The molecule has 0 amide bonds. The summed E-state index contributed by atoms with van der Waals surface area (Å²) < 4.78 is 37.2. The fraction of sp³-hybridized carbons (Fsp3) is 0.333. The zero-order valence-corrected chi connectivity index (χ0v) is 7.84. The Labute approximate surface area is 90.5 Å². The van der Waals surface area contributed by atoms with Crippen molar-refractivity contribution in [3.63, 3.8) is 0 Å². The number of halogens is 3. The average Bonchev–Trinajstić information content (AvgIpc) is 2.61. The average molecular weight is 251 g/mol. The van der Waals surface area contributed by atoms with E-state index in [9.17, 15) is 28.4 Å². The van der Waals surface area contributed by atoms with E-state index in [0.717, 1.165) is 6.20 Å². The summed E-state index contributed by atoms with van der Waals surface area (Å²) in [5.41, 5.74) is -0.726. The third-order valence-electron chi connectivity index (χ3n) is 1.94. The lowest BCUT2D eigenvalue weighted by atomic mass is 10.4. The second kappa shape index (κ2) is 3.41. The van der Waals surface area contributed by atoms with Gasteiger partial charge in [-0.2, -0.15) is 22.8 Å². The number of nitrogens with one attached hydrogen (secondary N) is 1. The first kappa shape index (κ1) is 11.3. The molecule has 0 saturated heterocycles. The highest BCUT2D eigenvalue weighted by molar-refractivity contribution is 5.35. The highest BCUT2D eigenvalue weighted by Gasteiger charge is 2.40. The molecule has 17 heavy (non-hydrogen) atoms. The molecule has 0 radical (unpaired) electrons. The van der Waals surface area contributed by atoms with Crippen molar-refractivity contribution in [2.24, 2.45) is 0 Å². The Morgan fingerprint density at radius 2 is 2.24 bits per heavy atom. The third-order valence-corrected chi connectivity index (χ3v) is 1.94. The highest BCUT2D eigenvalue weighted by atomic mass is 19.4. The second-order valence-corrected chi connectivity index (χ2v) is 3.05. The Morgan fingerprint density at radius 1 is 1.59 bits per heavy atom. The molecule has 2 heterocycles. The largest absolute Gasteiger partial charge is 0.453 e. The smallest absolute Gasteiger partial charge is 0.363 e. The van der Waals surface area contributed by atoms with Crippen molar-refractivity contribution in [2.45, 2.75) is 12.4 Å². The van der Waals surface area contributed by atoms with Crippen LogP contribution in [0.2, 0.25) is 0 Å². The number of anilines is 1. The number of rotatable bonds is 1. The summed E-state index contributed by atoms with van der Waals surface area (Å²) in [6.07, 6.45) is -5.94. The Bertz CT molecular complexity index is 507. The van der Waals surface area contributed by atoms with Crippen LogP contribution in [0.3, 0.4) is 0 Å². The van der Waals surface area contributed by atoms with Crippen LogP contribution < -0.4 is 5.32 Å². The number of aliphatic hydroxyl groups excluding tert-OH is 1. The van der Waals surface area contributed by atoms with Crippen molar-refractivity contribution in [2.75, 3.05) is 5.32 Å². The maximum Gasteiger partial charge on any atom is 0.453 e. The first-order valence-corrected chi connectivity index (χ1v) is 4.13. The van der Waals surface area contributed by atoms with Crippen LogP contribution in [0.5, 0.6) is 0 Å². The molecule has 1 atom stereocenters. The van der Waals surface area contributed by atoms with Crippen molar-refractivity contribution in [1.29, 1.82) is 0 Å². The van der Waals surface area contributed by atoms with E-state index in [-0.39, 0.29) is 0 Å². The molecule has 1 aliphatic heterocycles. The van der Waals surface area contributed by atoms with E-state index in [4.69, 9.17) is 0 Å². The van der Waals surface area contributed by atoms with Crippen LogP contribution in [0.4, 0.5) is 19.1 Å². The summed E-state index contributed by atoms with van der Waals surface area (Å²) in [5, 5.41) is 24.9. The van der Waals surface area contributed by atoms with Gasteiger partial charge in [-0.3, -0.25) is 10.1 Å². The molecular formula is C6H4F3N5O3. The van der Waals surface area contributed by atoms with Crippen LogP contribution in [0.1, 0.15) is 12.1 Å². The molecule has 1 aromatic heterocycles. The Balaban J connectivity index is 2.41. The summed E-state index contributed by atoms with van der Waals surface area (Å²) in [6.45, 7) is 0. The lowest BCUT2D eigenvalue weighted by molar-refractivity contribution is -0.441. The fourth-order valence-electron chi connectivity index (χ4n) is 1.20. The minimum absolute atomic E-state index is 0.390. The van der Waals surface area contributed by atoms with Gasteiger partial charge in [-0.15, -0.1) is 5.10 Å². The Kier molecular flexibility index (Phi) is 2.27. The molecule has 0 aromatic carbocycles. The van der Waals surface area contributed by atoms with Gasteiger partial charge in [-0.25, -0.2) is 0 Å². The molecule has 2 rings (SSSR count). The summed E-state index contributed by atoms with van der Waals surface area (Å²) >= 11 is 0. The van der Waals surface area contributed by atoms with E-state index in [1.165, 1.54) is 0 Å². The van der Waals surface area contributed by atoms with E-state index in [1.54, 1.807) is 0 Å². The molecule has 0 saturated carbocycles. The van der Waals surface area contributed by atoms with Crippen molar-refractivity contribution in [3.05, 3.63) is 27.8 Å². The molecule has 1 aliphatic rings. The molecule has 0 fully saturated rings. The number of nitro groups is 1. The predicted octanol–water partition coefficient (Wildman–Crippen LogP) is 0.331. The Morgan fingerprint density at radius 3 is 2.76 bits per heavy atom. The number of fused-ring (bicyclic) bond motifs is 1. The van der Waals surface area contributed by atoms with Crippen molar-refractivity contribution in [1.82, 2.24) is 14.8 Å². The number of aliphatic hydroxyl groups is 1. The van der Waals surface area contributed by atoms with Crippen LogP contribution >= 0.6 is 0 Å². The quantitative estimate of drug-likeness (QED) is 0.550. The van der Waals surface area contributed by atoms with Gasteiger partial charge in [0.15, 0.2) is 0 Å². The maximum absolute atomic E-state index is 12.3. The van der Waals surface area contributed by atoms with E-state index < -0.39 is 34.8 Å². The molecule has 92 valence electrons. The number of aromatic nitrogens is 3. The zero-order chi connectivity index (χ0) is 12.8. The van der Waals surface area contributed by atoms with Crippen molar-refractivity contribution in [3.8, 4) is 0 Å². The first-order valence-electron chi connectivity index (χ1n) is 4.13. The summed E-state index contributed by atoms with van der Waals surface area (Å²) in [7, 11) is 0. The van der Waals surface area contributed by atoms with Crippen LogP contribution in [0.25, 0.3) is 0 Å². The zero-order valence-electron chi connectivity index (χ0n) is 7.84. The molecular weight excluding hydrogens is 247 g/mol. The Hall–Kier alpha value is -2.17. The van der Waals surface area contributed by atoms with E-state index >= 15 is 0 Å².